The molecule has 24 heavy (non-hydrogen) atoms. The first-order valence-corrected chi connectivity index (χ1v) is 8.49. The number of esters is 1. The Hall–Kier alpha value is -2.21. The van der Waals surface area contributed by atoms with Crippen molar-refractivity contribution < 1.29 is 18.7 Å². The van der Waals surface area contributed by atoms with Crippen molar-refractivity contribution in [3.8, 4) is 0 Å². The molecule has 0 saturated carbocycles. The van der Waals surface area contributed by atoms with Crippen molar-refractivity contribution in [2.75, 3.05) is 20.2 Å². The van der Waals surface area contributed by atoms with Crippen LogP contribution < -0.4 is 0 Å². The van der Waals surface area contributed by atoms with Gasteiger partial charge in [0.1, 0.15) is 6.54 Å². The van der Waals surface area contributed by atoms with E-state index in [9.17, 15) is 9.59 Å². The summed E-state index contributed by atoms with van der Waals surface area (Å²) in [6.45, 7) is 5.99. The van der Waals surface area contributed by atoms with Crippen LogP contribution in [0.5, 0.6) is 0 Å². The van der Waals surface area contributed by atoms with Gasteiger partial charge >= 0.3 is 5.97 Å². The molecule has 0 saturated heterocycles. The molecule has 2 rings (SSSR count). The highest BCUT2D eigenvalue weighted by atomic mass is 32.2. The fraction of sp³-hybridized carbons (Fsp3) is 0.333. The summed E-state index contributed by atoms with van der Waals surface area (Å²) in [5.74, 6) is -0.586. The highest BCUT2D eigenvalue weighted by Gasteiger charge is 2.19. The first-order chi connectivity index (χ1) is 11.4. The number of hydrogen-bond acceptors (Lipinski definition) is 5. The smallest absolute Gasteiger partial charge is 0.325 e. The Morgan fingerprint density at radius 2 is 1.83 bits per heavy atom. The van der Waals surface area contributed by atoms with Crippen molar-refractivity contribution in [3.05, 3.63) is 47.2 Å². The van der Waals surface area contributed by atoms with Crippen LogP contribution in [0.3, 0.4) is 0 Å². The summed E-state index contributed by atoms with van der Waals surface area (Å²) in [4.78, 5) is 26.2. The van der Waals surface area contributed by atoms with Crippen LogP contribution in [-0.2, 0) is 9.53 Å². The molecule has 0 spiro atoms. The van der Waals surface area contributed by atoms with Crippen molar-refractivity contribution in [2.24, 2.45) is 0 Å². The van der Waals surface area contributed by atoms with E-state index in [1.54, 1.807) is 26.1 Å². The second-order valence-corrected chi connectivity index (χ2v) is 6.42. The summed E-state index contributed by atoms with van der Waals surface area (Å²) < 4.78 is 10.5. The quantitative estimate of drug-likeness (QED) is 0.746. The van der Waals surface area contributed by atoms with Gasteiger partial charge in [-0.05, 0) is 44.0 Å². The fourth-order valence-electron chi connectivity index (χ4n) is 2.21. The number of aryl methyl sites for hydroxylation is 2. The molecule has 0 aliphatic heterocycles. The zero-order valence-corrected chi connectivity index (χ0v) is 15.1. The van der Waals surface area contributed by atoms with Crippen LogP contribution in [0.15, 0.2) is 44.7 Å². The number of furan rings is 1. The van der Waals surface area contributed by atoms with Gasteiger partial charge in [-0.3, -0.25) is 9.59 Å². The monoisotopic (exact) mass is 347 g/mol. The fourth-order valence-corrected chi connectivity index (χ4v) is 3.14. The van der Waals surface area contributed by atoms with E-state index in [1.165, 1.54) is 16.7 Å². The van der Waals surface area contributed by atoms with Crippen LogP contribution in [0.2, 0.25) is 0 Å². The third-order valence-electron chi connectivity index (χ3n) is 3.42. The summed E-state index contributed by atoms with van der Waals surface area (Å²) in [5.41, 5.74) is 2.31. The van der Waals surface area contributed by atoms with E-state index in [-0.39, 0.29) is 24.8 Å². The highest BCUT2D eigenvalue weighted by Crippen LogP contribution is 2.34. The van der Waals surface area contributed by atoms with Crippen molar-refractivity contribution in [1.82, 2.24) is 4.90 Å². The summed E-state index contributed by atoms with van der Waals surface area (Å²) in [6.07, 6.45) is 0. The molecule has 128 valence electrons. The summed E-state index contributed by atoms with van der Waals surface area (Å²) in [6, 6.07) is 9.48. The molecule has 1 aromatic carbocycles. The summed E-state index contributed by atoms with van der Waals surface area (Å²) in [7, 11) is 1.54. The maximum absolute atomic E-state index is 12.3. The largest absolute Gasteiger partial charge is 0.465 e. The van der Waals surface area contributed by atoms with Crippen molar-refractivity contribution in [2.45, 2.75) is 30.8 Å². The van der Waals surface area contributed by atoms with Gasteiger partial charge in [-0.2, -0.15) is 0 Å². The Bertz CT molecular complexity index is 718. The van der Waals surface area contributed by atoms with E-state index >= 15 is 0 Å². The zero-order chi connectivity index (χ0) is 17.7. The van der Waals surface area contributed by atoms with Crippen LogP contribution in [0.4, 0.5) is 0 Å². The van der Waals surface area contributed by atoms with Gasteiger partial charge in [0.05, 0.1) is 6.61 Å². The third-order valence-corrected chi connectivity index (χ3v) is 4.69. The molecule has 1 heterocycles. The lowest BCUT2D eigenvalue weighted by Gasteiger charge is -2.14. The molecule has 0 unspecified atom stereocenters. The van der Waals surface area contributed by atoms with Crippen molar-refractivity contribution >= 4 is 23.6 Å². The number of benzene rings is 1. The second-order valence-electron chi connectivity index (χ2n) is 5.41. The van der Waals surface area contributed by atoms with E-state index in [0.717, 1.165) is 16.0 Å². The van der Waals surface area contributed by atoms with Gasteiger partial charge in [-0.1, -0.05) is 30.0 Å². The Morgan fingerprint density at radius 1 is 1.17 bits per heavy atom. The third kappa shape index (κ3) is 4.41. The molecule has 0 fully saturated rings. The SMILES string of the molecule is CCOC(=O)CN(C)C(=O)c1ccc(Sc2c(C)cccc2C)o1. The zero-order valence-electron chi connectivity index (χ0n) is 14.3. The predicted molar refractivity (Wildman–Crippen MR) is 92.3 cm³/mol. The van der Waals surface area contributed by atoms with Crippen molar-refractivity contribution in [1.29, 1.82) is 0 Å². The topological polar surface area (TPSA) is 59.8 Å². The van der Waals surface area contributed by atoms with Crippen LogP contribution in [-0.4, -0.2) is 37.0 Å². The molecule has 0 radical (unpaired) electrons. The number of ether oxygens (including phenoxy) is 1. The minimum absolute atomic E-state index is 0.104. The van der Waals surface area contributed by atoms with E-state index in [4.69, 9.17) is 9.15 Å². The Labute approximate surface area is 146 Å². The number of hydrogen-bond donors (Lipinski definition) is 0. The van der Waals surface area contributed by atoms with Gasteiger partial charge in [0.2, 0.25) is 0 Å². The number of carbonyl (C=O) groups is 2. The normalized spacial score (nSPS) is 10.5. The molecule has 0 aliphatic carbocycles. The molecule has 0 bridgehead atoms. The maximum Gasteiger partial charge on any atom is 0.325 e. The number of likely N-dealkylation sites (N-methyl/N-ethyl adjacent to an activating group) is 1. The lowest BCUT2D eigenvalue weighted by atomic mass is 10.2. The summed E-state index contributed by atoms with van der Waals surface area (Å²) in [5, 5.41) is 0.639. The summed E-state index contributed by atoms with van der Waals surface area (Å²) >= 11 is 1.48. The second kappa shape index (κ2) is 8.06. The van der Waals surface area contributed by atoms with E-state index < -0.39 is 5.97 Å². The number of carbonyl (C=O) groups excluding carboxylic acids is 2. The molecule has 6 heteroatoms. The van der Waals surface area contributed by atoms with Gasteiger partial charge in [0, 0.05) is 11.9 Å². The van der Waals surface area contributed by atoms with Gasteiger partial charge in [0.15, 0.2) is 10.9 Å². The number of rotatable bonds is 6. The molecule has 0 N–H and O–H groups in total. The molecular weight excluding hydrogens is 326 g/mol. The number of amides is 1. The maximum atomic E-state index is 12.3. The lowest BCUT2D eigenvalue weighted by molar-refractivity contribution is -0.143. The standard InChI is InChI=1S/C18H21NO4S/c1-5-22-15(20)11-19(4)18(21)14-9-10-16(23-14)24-17-12(2)7-6-8-13(17)3/h6-10H,5,11H2,1-4H3. The Morgan fingerprint density at radius 3 is 2.46 bits per heavy atom. The van der Waals surface area contributed by atoms with Gasteiger partial charge in [-0.25, -0.2) is 0 Å². The Balaban J connectivity index is 2.07. The Kier molecular flexibility index (Phi) is 6.09. The molecule has 1 amide bonds. The van der Waals surface area contributed by atoms with E-state index in [2.05, 4.69) is 0 Å². The molecule has 0 atom stereocenters. The minimum atomic E-state index is -0.440. The molecule has 1 aromatic heterocycles. The van der Waals surface area contributed by atoms with Crippen molar-refractivity contribution in [3.63, 3.8) is 0 Å². The highest BCUT2D eigenvalue weighted by molar-refractivity contribution is 7.99. The first kappa shape index (κ1) is 18.1. The minimum Gasteiger partial charge on any atom is -0.465 e. The average Bonchev–Trinajstić information content (AvgIpc) is 2.99. The molecular formula is C18H21NO4S. The van der Waals surface area contributed by atoms with E-state index in [0.29, 0.717) is 5.09 Å². The lowest BCUT2D eigenvalue weighted by Crippen LogP contribution is -2.32. The van der Waals surface area contributed by atoms with Gasteiger partial charge < -0.3 is 14.1 Å². The van der Waals surface area contributed by atoms with Crippen LogP contribution >= 0.6 is 11.8 Å². The van der Waals surface area contributed by atoms with E-state index in [1.807, 2.05) is 32.0 Å². The van der Waals surface area contributed by atoms with Gasteiger partial charge in [-0.15, -0.1) is 0 Å². The predicted octanol–water partition coefficient (Wildman–Crippen LogP) is 3.68. The molecule has 0 aliphatic rings. The number of nitrogens with zero attached hydrogens (tertiary/aromatic N) is 1. The molecule has 2 aromatic rings. The van der Waals surface area contributed by atoms with Gasteiger partial charge in [0.25, 0.3) is 5.91 Å². The van der Waals surface area contributed by atoms with Crippen LogP contribution in [0.25, 0.3) is 0 Å². The van der Waals surface area contributed by atoms with Crippen LogP contribution in [0, 0.1) is 13.8 Å². The average molecular weight is 347 g/mol. The van der Waals surface area contributed by atoms with Crippen LogP contribution in [0.1, 0.15) is 28.6 Å². The first-order valence-electron chi connectivity index (χ1n) is 7.67. The molecule has 5 nitrogen and oxygen atoms in total.